The minimum Gasteiger partial charge on any atom is -0.326 e. The van der Waals surface area contributed by atoms with Crippen LogP contribution in [-0.4, -0.2) is 42.3 Å². The Balaban J connectivity index is 2.56. The average molecular weight is 464 g/mol. The van der Waals surface area contributed by atoms with Gasteiger partial charge in [0.15, 0.2) is 0 Å². The number of fused-ring (bicyclic) bond motifs is 1. The molecule has 0 aromatic heterocycles. The number of nitrogens with zero attached hydrogens (tertiary/aromatic N) is 1. The van der Waals surface area contributed by atoms with Crippen molar-refractivity contribution >= 4 is 38.3 Å². The van der Waals surface area contributed by atoms with Crippen molar-refractivity contribution in [2.45, 2.75) is 58.4 Å². The topological polar surface area (TPSA) is 116 Å². The number of benzene rings is 2. The molecule has 2 amide bonds. The van der Waals surface area contributed by atoms with Gasteiger partial charge >= 0.3 is 0 Å². The Bertz CT molecular complexity index is 1070. The van der Waals surface area contributed by atoms with Crippen LogP contribution >= 0.6 is 0 Å². The van der Waals surface area contributed by atoms with Crippen molar-refractivity contribution in [3.8, 4) is 0 Å². The van der Waals surface area contributed by atoms with E-state index >= 15 is 0 Å². The highest BCUT2D eigenvalue weighted by Crippen LogP contribution is 2.27. The molecule has 8 nitrogen and oxygen atoms in total. The van der Waals surface area contributed by atoms with Crippen LogP contribution in [0, 0.1) is 11.8 Å². The molecule has 2 aromatic carbocycles. The monoisotopic (exact) mass is 463 g/mol. The number of amides is 2. The molecule has 3 N–H and O–H groups in total. The summed E-state index contributed by atoms with van der Waals surface area (Å²) in [7, 11) is -4.05. The minimum absolute atomic E-state index is 0.0332. The van der Waals surface area contributed by atoms with E-state index in [0.29, 0.717) is 17.5 Å². The first-order valence-electron chi connectivity index (χ1n) is 10.7. The number of hydrogen-bond acceptors (Lipinski definition) is 5. The summed E-state index contributed by atoms with van der Waals surface area (Å²) in [5.41, 5.74) is 2.20. The van der Waals surface area contributed by atoms with Crippen molar-refractivity contribution in [2.24, 2.45) is 11.8 Å². The van der Waals surface area contributed by atoms with Gasteiger partial charge in [-0.25, -0.2) is 13.9 Å². The predicted molar refractivity (Wildman–Crippen MR) is 125 cm³/mol. The molecular weight excluding hydrogens is 430 g/mol. The van der Waals surface area contributed by atoms with Crippen LogP contribution in [0.25, 0.3) is 10.8 Å². The Hall–Kier alpha value is -2.49. The molecule has 0 spiro atoms. The number of carbonyl (C=O) groups excluding carboxylic acids is 2. The third-order valence-electron chi connectivity index (χ3n) is 5.12. The van der Waals surface area contributed by atoms with Crippen molar-refractivity contribution in [1.82, 2.24) is 9.79 Å². The maximum atomic E-state index is 13.7. The fourth-order valence-electron chi connectivity index (χ4n) is 3.51. The standard InChI is InChI=1S/C23H33N3O5S/c1-15(2)10-11-26(22(12-16(3)4)23(28)25-29)32(30,31)21-9-7-18-6-8-20(24-17(5)27)13-19(18)14-21/h6-9,13-16,22,29H,10-12H2,1-5H3,(H,24,27)(H,25,28). The van der Waals surface area contributed by atoms with E-state index in [4.69, 9.17) is 0 Å². The van der Waals surface area contributed by atoms with Crippen LogP contribution in [0.2, 0.25) is 0 Å². The number of rotatable bonds is 10. The van der Waals surface area contributed by atoms with Crippen molar-refractivity contribution in [1.29, 1.82) is 0 Å². The third-order valence-corrected chi connectivity index (χ3v) is 7.02. The van der Waals surface area contributed by atoms with Crippen molar-refractivity contribution in [3.05, 3.63) is 36.4 Å². The van der Waals surface area contributed by atoms with E-state index < -0.39 is 22.0 Å². The van der Waals surface area contributed by atoms with Gasteiger partial charge in [-0.3, -0.25) is 14.8 Å². The summed E-state index contributed by atoms with van der Waals surface area (Å²) in [5.74, 6) is -0.716. The highest BCUT2D eigenvalue weighted by Gasteiger charge is 2.36. The second-order valence-corrected chi connectivity index (χ2v) is 10.7. The van der Waals surface area contributed by atoms with E-state index in [1.54, 1.807) is 35.8 Å². The van der Waals surface area contributed by atoms with Crippen LogP contribution in [0.3, 0.4) is 0 Å². The normalized spacial score (nSPS) is 13.0. The molecule has 0 bridgehead atoms. The van der Waals surface area contributed by atoms with E-state index in [2.05, 4.69) is 5.32 Å². The molecule has 0 fully saturated rings. The highest BCUT2D eigenvalue weighted by atomic mass is 32.2. The fourth-order valence-corrected chi connectivity index (χ4v) is 5.16. The van der Waals surface area contributed by atoms with Crippen LogP contribution in [0.5, 0.6) is 0 Å². The molecule has 0 aliphatic rings. The lowest BCUT2D eigenvalue weighted by Gasteiger charge is -2.31. The van der Waals surface area contributed by atoms with Crippen LogP contribution < -0.4 is 10.8 Å². The molecule has 176 valence electrons. The smallest absolute Gasteiger partial charge is 0.261 e. The van der Waals surface area contributed by atoms with E-state index in [1.165, 1.54) is 17.3 Å². The minimum atomic E-state index is -4.05. The molecular formula is C23H33N3O5S. The van der Waals surface area contributed by atoms with Crippen LogP contribution in [0.15, 0.2) is 41.3 Å². The molecule has 9 heteroatoms. The molecule has 32 heavy (non-hydrogen) atoms. The highest BCUT2D eigenvalue weighted by molar-refractivity contribution is 7.89. The van der Waals surface area contributed by atoms with Gasteiger partial charge < -0.3 is 5.32 Å². The summed E-state index contributed by atoms with van der Waals surface area (Å²) in [6.07, 6.45) is 0.830. The first-order chi connectivity index (χ1) is 14.9. The SMILES string of the molecule is CC(=O)Nc1ccc2ccc(S(=O)(=O)N(CCC(C)C)C(CC(C)C)C(=O)NO)cc2c1. The first-order valence-corrected chi connectivity index (χ1v) is 12.2. The molecule has 0 saturated carbocycles. The molecule has 0 aliphatic heterocycles. The number of carbonyl (C=O) groups is 2. The van der Waals surface area contributed by atoms with Crippen LogP contribution in [0.4, 0.5) is 5.69 Å². The lowest BCUT2D eigenvalue weighted by Crippen LogP contribution is -2.50. The zero-order chi connectivity index (χ0) is 24.1. The number of hydroxylamine groups is 1. The summed E-state index contributed by atoms with van der Waals surface area (Å²) in [6.45, 7) is 9.30. The van der Waals surface area contributed by atoms with E-state index in [1.807, 2.05) is 27.7 Å². The van der Waals surface area contributed by atoms with E-state index in [0.717, 1.165) is 5.39 Å². The Morgan fingerprint density at radius 2 is 1.66 bits per heavy atom. The summed E-state index contributed by atoms with van der Waals surface area (Å²) >= 11 is 0. The average Bonchev–Trinajstić information content (AvgIpc) is 2.70. The van der Waals surface area contributed by atoms with E-state index in [9.17, 15) is 23.2 Å². The van der Waals surface area contributed by atoms with Gasteiger partial charge in [-0.05, 0) is 59.7 Å². The van der Waals surface area contributed by atoms with Gasteiger partial charge in [0.1, 0.15) is 6.04 Å². The molecule has 1 atom stereocenters. The lowest BCUT2D eigenvalue weighted by molar-refractivity contribution is -0.133. The van der Waals surface area contributed by atoms with Crippen molar-refractivity contribution < 1.29 is 23.2 Å². The Kier molecular flexibility index (Phi) is 8.77. The van der Waals surface area contributed by atoms with Gasteiger partial charge in [0, 0.05) is 19.2 Å². The number of nitrogens with one attached hydrogen (secondary N) is 2. The van der Waals surface area contributed by atoms with Crippen LogP contribution in [-0.2, 0) is 19.6 Å². The summed E-state index contributed by atoms with van der Waals surface area (Å²) in [5, 5.41) is 13.4. The van der Waals surface area contributed by atoms with Gasteiger partial charge in [0.05, 0.1) is 4.90 Å². The van der Waals surface area contributed by atoms with Gasteiger partial charge in [0.25, 0.3) is 5.91 Å². The molecule has 2 aromatic rings. The second-order valence-electron chi connectivity index (χ2n) is 8.82. The summed E-state index contributed by atoms with van der Waals surface area (Å²) in [4.78, 5) is 23.9. The maximum Gasteiger partial charge on any atom is 0.261 e. The first kappa shape index (κ1) is 25.8. The second kappa shape index (κ2) is 10.9. The van der Waals surface area contributed by atoms with Gasteiger partial charge in [-0.2, -0.15) is 4.31 Å². The molecule has 1 unspecified atom stereocenters. The quantitative estimate of drug-likeness (QED) is 0.367. The van der Waals surface area contributed by atoms with Gasteiger partial charge in [-0.15, -0.1) is 0 Å². The van der Waals surface area contributed by atoms with Gasteiger partial charge in [-0.1, -0.05) is 39.8 Å². The molecule has 0 heterocycles. The summed E-state index contributed by atoms with van der Waals surface area (Å²) in [6, 6.07) is 8.98. The maximum absolute atomic E-state index is 13.7. The Morgan fingerprint density at radius 1 is 1.00 bits per heavy atom. The Labute approximate surface area is 190 Å². The molecule has 2 rings (SSSR count). The number of hydrogen-bond donors (Lipinski definition) is 3. The van der Waals surface area contributed by atoms with E-state index in [-0.39, 0.29) is 35.6 Å². The fraction of sp³-hybridized carbons (Fsp3) is 0.478. The molecule has 0 saturated heterocycles. The predicted octanol–water partition coefficient (Wildman–Crippen LogP) is 3.76. The summed E-state index contributed by atoms with van der Waals surface area (Å²) < 4.78 is 28.6. The number of anilines is 1. The lowest BCUT2D eigenvalue weighted by atomic mass is 10.0. The van der Waals surface area contributed by atoms with Crippen LogP contribution in [0.1, 0.15) is 47.5 Å². The van der Waals surface area contributed by atoms with Gasteiger partial charge in [0.2, 0.25) is 15.9 Å². The zero-order valence-electron chi connectivity index (χ0n) is 19.3. The van der Waals surface area contributed by atoms with Crippen molar-refractivity contribution in [2.75, 3.05) is 11.9 Å². The third kappa shape index (κ3) is 6.51. The number of sulfonamides is 1. The zero-order valence-corrected chi connectivity index (χ0v) is 20.1. The Morgan fingerprint density at radius 3 is 2.22 bits per heavy atom. The molecule has 0 aliphatic carbocycles. The largest absolute Gasteiger partial charge is 0.326 e. The molecule has 0 radical (unpaired) electrons. The van der Waals surface area contributed by atoms with Crippen molar-refractivity contribution in [3.63, 3.8) is 0 Å².